The molecule has 8 heteroatoms. The van der Waals surface area contributed by atoms with Gasteiger partial charge < -0.3 is 9.80 Å². The van der Waals surface area contributed by atoms with E-state index in [4.69, 9.17) is 11.6 Å². The molecule has 29 heavy (non-hydrogen) atoms. The predicted molar refractivity (Wildman–Crippen MR) is 116 cm³/mol. The molecule has 3 rings (SSSR count). The summed E-state index contributed by atoms with van der Waals surface area (Å²) >= 11 is 6.25. The molecule has 0 spiro atoms. The maximum Gasteiger partial charge on any atom is 0.264 e. The Bertz CT molecular complexity index is 958. The average molecular weight is 436 g/mol. The van der Waals surface area contributed by atoms with E-state index < -0.39 is 10.0 Å². The quantitative estimate of drug-likeness (QED) is 0.699. The molecule has 1 aliphatic rings. The molecular weight excluding hydrogens is 410 g/mol. The van der Waals surface area contributed by atoms with Crippen molar-refractivity contribution in [2.75, 3.05) is 43.6 Å². The van der Waals surface area contributed by atoms with Gasteiger partial charge in [0.1, 0.15) is 6.54 Å². The number of sulfonamides is 1. The monoisotopic (exact) mass is 435 g/mol. The largest absolute Gasteiger partial charge is 0.339 e. The van der Waals surface area contributed by atoms with Crippen molar-refractivity contribution in [3.63, 3.8) is 0 Å². The van der Waals surface area contributed by atoms with Crippen molar-refractivity contribution in [2.45, 2.75) is 18.7 Å². The summed E-state index contributed by atoms with van der Waals surface area (Å²) in [7, 11) is -3.93. The zero-order chi connectivity index (χ0) is 21.0. The van der Waals surface area contributed by atoms with Crippen LogP contribution in [0, 0.1) is 6.92 Å². The highest BCUT2D eigenvalue weighted by atomic mass is 35.5. The van der Waals surface area contributed by atoms with Crippen molar-refractivity contribution in [3.05, 3.63) is 59.1 Å². The maximum absolute atomic E-state index is 13.4. The topological polar surface area (TPSA) is 60.9 Å². The van der Waals surface area contributed by atoms with E-state index in [1.165, 1.54) is 16.4 Å². The summed E-state index contributed by atoms with van der Waals surface area (Å²) < 4.78 is 28.0. The number of anilines is 1. The van der Waals surface area contributed by atoms with Crippen LogP contribution in [-0.4, -0.2) is 63.4 Å². The summed E-state index contributed by atoms with van der Waals surface area (Å²) in [6.07, 6.45) is 0. The summed E-state index contributed by atoms with van der Waals surface area (Å²) in [6, 6.07) is 13.3. The molecule has 0 unspecified atom stereocenters. The van der Waals surface area contributed by atoms with Gasteiger partial charge in [-0.3, -0.25) is 9.10 Å². The minimum absolute atomic E-state index is 0.142. The third-order valence-electron chi connectivity index (χ3n) is 5.29. The van der Waals surface area contributed by atoms with Gasteiger partial charge in [0.25, 0.3) is 10.0 Å². The lowest BCUT2D eigenvalue weighted by Crippen LogP contribution is -2.51. The molecule has 156 valence electrons. The normalized spacial score (nSPS) is 15.3. The van der Waals surface area contributed by atoms with E-state index in [-0.39, 0.29) is 17.3 Å². The van der Waals surface area contributed by atoms with Gasteiger partial charge in [-0.1, -0.05) is 42.8 Å². The molecule has 0 bridgehead atoms. The Hall–Kier alpha value is -2.09. The molecule has 1 amide bonds. The van der Waals surface area contributed by atoms with E-state index in [1.807, 2.05) is 0 Å². The first-order chi connectivity index (χ1) is 13.8. The van der Waals surface area contributed by atoms with Crippen LogP contribution in [-0.2, 0) is 14.8 Å². The molecule has 2 aromatic carbocycles. The number of benzene rings is 2. The smallest absolute Gasteiger partial charge is 0.264 e. The number of halogens is 1. The first-order valence-corrected chi connectivity index (χ1v) is 11.5. The molecule has 0 radical (unpaired) electrons. The Morgan fingerprint density at radius 1 is 1.03 bits per heavy atom. The second kappa shape index (κ2) is 9.15. The van der Waals surface area contributed by atoms with Crippen LogP contribution in [0.5, 0.6) is 0 Å². The van der Waals surface area contributed by atoms with Crippen LogP contribution in [0.1, 0.15) is 12.5 Å². The Morgan fingerprint density at radius 2 is 1.69 bits per heavy atom. The van der Waals surface area contributed by atoms with E-state index in [1.54, 1.807) is 48.2 Å². The third-order valence-corrected chi connectivity index (χ3v) is 7.47. The molecule has 2 aromatic rings. The molecule has 0 saturated carbocycles. The zero-order valence-corrected chi connectivity index (χ0v) is 18.3. The van der Waals surface area contributed by atoms with E-state index in [0.717, 1.165) is 19.6 Å². The Balaban J connectivity index is 1.94. The fraction of sp³-hybridized carbons (Fsp3) is 0.381. The number of carbonyl (C=O) groups is 1. The standard InChI is InChI=1S/C21H26ClN3O3S/c1-3-23-12-14-24(15-13-23)21(26)16-25(20-11-7-10-19(22)17(20)2)29(27,28)18-8-5-4-6-9-18/h4-11H,3,12-16H2,1-2H3. The molecule has 1 aliphatic heterocycles. The van der Waals surface area contributed by atoms with Gasteiger partial charge in [-0.05, 0) is 43.3 Å². The van der Waals surface area contributed by atoms with Gasteiger partial charge in [0.2, 0.25) is 5.91 Å². The van der Waals surface area contributed by atoms with Crippen molar-refractivity contribution < 1.29 is 13.2 Å². The highest BCUT2D eigenvalue weighted by molar-refractivity contribution is 7.92. The fourth-order valence-corrected chi connectivity index (χ4v) is 5.08. The lowest BCUT2D eigenvalue weighted by Gasteiger charge is -2.35. The highest BCUT2D eigenvalue weighted by Crippen LogP contribution is 2.31. The van der Waals surface area contributed by atoms with Crippen molar-refractivity contribution in [2.24, 2.45) is 0 Å². The molecule has 1 fully saturated rings. The third kappa shape index (κ3) is 4.74. The Morgan fingerprint density at radius 3 is 2.31 bits per heavy atom. The molecule has 0 aliphatic carbocycles. The Kier molecular flexibility index (Phi) is 6.82. The van der Waals surface area contributed by atoms with Crippen LogP contribution >= 0.6 is 11.6 Å². The van der Waals surface area contributed by atoms with Crippen LogP contribution in [0.4, 0.5) is 5.69 Å². The van der Waals surface area contributed by atoms with Crippen molar-refractivity contribution >= 4 is 33.2 Å². The van der Waals surface area contributed by atoms with E-state index in [9.17, 15) is 13.2 Å². The number of nitrogens with zero attached hydrogens (tertiary/aromatic N) is 3. The lowest BCUT2D eigenvalue weighted by molar-refractivity contribution is -0.131. The minimum Gasteiger partial charge on any atom is -0.339 e. The maximum atomic E-state index is 13.4. The second-order valence-corrected chi connectivity index (χ2v) is 9.29. The van der Waals surface area contributed by atoms with E-state index in [2.05, 4.69) is 11.8 Å². The van der Waals surface area contributed by atoms with E-state index in [0.29, 0.717) is 29.4 Å². The first kappa shape index (κ1) is 21.6. The van der Waals surface area contributed by atoms with Gasteiger partial charge in [-0.2, -0.15) is 0 Å². The highest BCUT2D eigenvalue weighted by Gasteiger charge is 2.31. The lowest BCUT2D eigenvalue weighted by atomic mass is 10.2. The summed E-state index contributed by atoms with van der Waals surface area (Å²) in [5.41, 5.74) is 1.04. The number of amides is 1. The molecular formula is C21H26ClN3O3S. The molecule has 0 atom stereocenters. The Labute approximate surface area is 177 Å². The minimum atomic E-state index is -3.93. The molecule has 1 saturated heterocycles. The van der Waals surface area contributed by atoms with Crippen LogP contribution in [0.25, 0.3) is 0 Å². The van der Waals surface area contributed by atoms with Gasteiger partial charge in [0, 0.05) is 31.2 Å². The number of piperazine rings is 1. The summed E-state index contributed by atoms with van der Waals surface area (Å²) in [5.74, 6) is -0.209. The van der Waals surface area contributed by atoms with Crippen molar-refractivity contribution in [1.82, 2.24) is 9.80 Å². The second-order valence-electron chi connectivity index (χ2n) is 7.02. The number of carbonyl (C=O) groups excluding carboxylic acids is 1. The summed E-state index contributed by atoms with van der Waals surface area (Å²) in [5, 5.41) is 0.458. The first-order valence-electron chi connectivity index (χ1n) is 9.67. The van der Waals surface area contributed by atoms with Crippen LogP contribution in [0.2, 0.25) is 5.02 Å². The van der Waals surface area contributed by atoms with Gasteiger partial charge in [-0.15, -0.1) is 0 Å². The van der Waals surface area contributed by atoms with Gasteiger partial charge >= 0.3 is 0 Å². The van der Waals surface area contributed by atoms with Gasteiger partial charge in [-0.25, -0.2) is 8.42 Å². The van der Waals surface area contributed by atoms with Crippen LogP contribution < -0.4 is 4.31 Å². The van der Waals surface area contributed by atoms with Gasteiger partial charge in [0.15, 0.2) is 0 Å². The van der Waals surface area contributed by atoms with Crippen molar-refractivity contribution in [1.29, 1.82) is 0 Å². The average Bonchev–Trinajstić information content (AvgIpc) is 2.74. The summed E-state index contributed by atoms with van der Waals surface area (Å²) in [4.78, 5) is 17.2. The van der Waals surface area contributed by atoms with Crippen molar-refractivity contribution in [3.8, 4) is 0 Å². The zero-order valence-electron chi connectivity index (χ0n) is 16.7. The SMILES string of the molecule is CCN1CCN(C(=O)CN(c2cccc(Cl)c2C)S(=O)(=O)c2ccccc2)CC1. The molecule has 0 aromatic heterocycles. The number of hydrogen-bond donors (Lipinski definition) is 0. The van der Waals surface area contributed by atoms with Crippen LogP contribution in [0.3, 0.4) is 0 Å². The van der Waals surface area contributed by atoms with E-state index >= 15 is 0 Å². The van der Waals surface area contributed by atoms with Crippen LogP contribution in [0.15, 0.2) is 53.4 Å². The molecule has 6 nitrogen and oxygen atoms in total. The predicted octanol–water partition coefficient (Wildman–Crippen LogP) is 3.01. The number of rotatable bonds is 6. The summed E-state index contributed by atoms with van der Waals surface area (Å²) in [6.45, 7) is 7.32. The fourth-order valence-electron chi connectivity index (χ4n) is 3.42. The van der Waals surface area contributed by atoms with Gasteiger partial charge in [0.05, 0.1) is 10.6 Å². The number of likely N-dealkylation sites (N-methyl/N-ethyl adjacent to an activating group) is 1. The number of hydrogen-bond acceptors (Lipinski definition) is 4. The molecule has 0 N–H and O–H groups in total. The molecule has 1 heterocycles.